The monoisotopic (exact) mass is 328 g/mol. The zero-order chi connectivity index (χ0) is 15.8. The molecule has 4 heterocycles. The molecular weight excluding hydrogens is 312 g/mol. The maximum absolute atomic E-state index is 12.8. The maximum atomic E-state index is 12.8. The van der Waals surface area contributed by atoms with Crippen molar-refractivity contribution in [1.29, 1.82) is 0 Å². The van der Waals surface area contributed by atoms with E-state index in [0.29, 0.717) is 18.1 Å². The molecule has 0 aromatic carbocycles. The van der Waals surface area contributed by atoms with Crippen molar-refractivity contribution in [3.8, 4) is 11.3 Å². The molecule has 0 unspecified atom stereocenters. The Balaban J connectivity index is 1.58. The van der Waals surface area contributed by atoms with Crippen LogP contribution in [0.2, 0.25) is 0 Å². The first-order valence-electron chi connectivity index (χ1n) is 7.50. The van der Waals surface area contributed by atoms with Gasteiger partial charge in [0, 0.05) is 17.5 Å². The van der Waals surface area contributed by atoms with Gasteiger partial charge in [-0.2, -0.15) is 21.5 Å². The predicted octanol–water partition coefficient (Wildman–Crippen LogP) is 2.54. The molecule has 1 aliphatic rings. The van der Waals surface area contributed by atoms with Gasteiger partial charge in [-0.1, -0.05) is 0 Å². The van der Waals surface area contributed by atoms with Gasteiger partial charge in [-0.25, -0.2) is 4.98 Å². The second kappa shape index (κ2) is 5.62. The summed E-state index contributed by atoms with van der Waals surface area (Å²) in [5, 5.41) is 18.2. The van der Waals surface area contributed by atoms with E-state index < -0.39 is 0 Å². The number of aromatic nitrogens is 5. The van der Waals surface area contributed by atoms with Crippen LogP contribution in [0.1, 0.15) is 41.0 Å². The highest BCUT2D eigenvalue weighted by atomic mass is 32.1. The topological polar surface area (TPSA) is 90.6 Å². The third-order valence-electron chi connectivity index (χ3n) is 4.05. The Kier molecular flexibility index (Phi) is 3.45. The number of carbonyl (C=O) groups is 1. The summed E-state index contributed by atoms with van der Waals surface area (Å²) in [6.45, 7) is 2.57. The molecule has 23 heavy (non-hydrogen) atoms. The van der Waals surface area contributed by atoms with Crippen LogP contribution in [-0.4, -0.2) is 42.7 Å². The molecule has 1 aliphatic heterocycles. The van der Waals surface area contributed by atoms with Gasteiger partial charge in [-0.3, -0.25) is 15.0 Å². The molecule has 1 saturated heterocycles. The Morgan fingerprint density at radius 1 is 1.39 bits per heavy atom. The number of aryl methyl sites for hydroxylation is 1. The Bertz CT molecular complexity index is 821. The van der Waals surface area contributed by atoms with Gasteiger partial charge in [0.15, 0.2) is 5.82 Å². The van der Waals surface area contributed by atoms with Crippen molar-refractivity contribution in [2.45, 2.75) is 25.8 Å². The van der Waals surface area contributed by atoms with E-state index in [1.165, 1.54) is 0 Å². The fourth-order valence-corrected chi connectivity index (χ4v) is 3.58. The first-order chi connectivity index (χ1) is 11.2. The number of likely N-dealkylation sites (tertiary alicyclic amines) is 1. The molecule has 1 atom stereocenters. The maximum Gasteiger partial charge on any atom is 0.272 e. The molecule has 0 bridgehead atoms. The molecule has 0 radical (unpaired) electrons. The van der Waals surface area contributed by atoms with Crippen LogP contribution in [-0.2, 0) is 0 Å². The average Bonchev–Trinajstić information content (AvgIpc) is 3.31. The fourth-order valence-electron chi connectivity index (χ4n) is 2.93. The van der Waals surface area contributed by atoms with Crippen molar-refractivity contribution < 1.29 is 4.79 Å². The number of nitrogens with one attached hydrogen (secondary N) is 2. The molecule has 1 fully saturated rings. The molecule has 3 aromatic rings. The quantitative estimate of drug-likeness (QED) is 0.773. The fraction of sp³-hybridized carbons (Fsp3) is 0.333. The second-order valence-electron chi connectivity index (χ2n) is 5.61. The Labute approximate surface area is 136 Å². The second-order valence-corrected chi connectivity index (χ2v) is 6.39. The lowest BCUT2D eigenvalue weighted by atomic mass is 10.2. The van der Waals surface area contributed by atoms with Gasteiger partial charge in [0.1, 0.15) is 11.5 Å². The van der Waals surface area contributed by atoms with E-state index in [-0.39, 0.29) is 11.9 Å². The van der Waals surface area contributed by atoms with Crippen LogP contribution in [0.25, 0.3) is 11.3 Å². The van der Waals surface area contributed by atoms with Gasteiger partial charge in [0.25, 0.3) is 5.91 Å². The molecule has 8 heteroatoms. The predicted molar refractivity (Wildman–Crippen MR) is 86.0 cm³/mol. The molecule has 7 nitrogen and oxygen atoms in total. The van der Waals surface area contributed by atoms with Gasteiger partial charge in [-0.15, -0.1) is 0 Å². The van der Waals surface area contributed by atoms with Crippen LogP contribution in [0.5, 0.6) is 0 Å². The normalized spacial score (nSPS) is 17.8. The van der Waals surface area contributed by atoms with Gasteiger partial charge >= 0.3 is 0 Å². The zero-order valence-corrected chi connectivity index (χ0v) is 13.4. The summed E-state index contributed by atoms with van der Waals surface area (Å²) in [5.74, 6) is 1.40. The highest BCUT2D eigenvalue weighted by Crippen LogP contribution is 2.31. The third-order valence-corrected chi connectivity index (χ3v) is 4.73. The van der Waals surface area contributed by atoms with E-state index in [9.17, 15) is 4.79 Å². The van der Waals surface area contributed by atoms with Crippen molar-refractivity contribution in [3.05, 3.63) is 40.2 Å². The van der Waals surface area contributed by atoms with E-state index in [0.717, 1.165) is 29.9 Å². The molecule has 118 valence electrons. The number of thiophene rings is 1. The van der Waals surface area contributed by atoms with Crippen LogP contribution in [0.3, 0.4) is 0 Å². The zero-order valence-electron chi connectivity index (χ0n) is 12.6. The van der Waals surface area contributed by atoms with Gasteiger partial charge in [0.2, 0.25) is 0 Å². The first kappa shape index (κ1) is 14.1. The molecule has 2 N–H and O–H groups in total. The standard InChI is InChI=1S/C15H16N6OS/c1-9-16-14(20-17-9)13-3-2-5-21(13)15(22)12-7-11(18-19-12)10-4-6-23-8-10/h4,6-8,13H,2-3,5H2,1H3,(H,18,19)(H,16,17,20)/t13-/m0/s1. The smallest absolute Gasteiger partial charge is 0.272 e. The molecule has 0 aliphatic carbocycles. The van der Waals surface area contributed by atoms with Crippen LogP contribution in [0, 0.1) is 6.92 Å². The number of nitrogens with zero attached hydrogens (tertiary/aromatic N) is 4. The summed E-state index contributed by atoms with van der Waals surface area (Å²) in [7, 11) is 0. The van der Waals surface area contributed by atoms with E-state index in [1.807, 2.05) is 34.7 Å². The summed E-state index contributed by atoms with van der Waals surface area (Å²) in [6.07, 6.45) is 1.84. The Hall–Kier alpha value is -2.48. The lowest BCUT2D eigenvalue weighted by molar-refractivity contribution is 0.0724. The van der Waals surface area contributed by atoms with Crippen LogP contribution in [0.15, 0.2) is 22.9 Å². The van der Waals surface area contributed by atoms with Gasteiger partial charge in [-0.05, 0) is 37.3 Å². The molecule has 1 amide bonds. The van der Waals surface area contributed by atoms with E-state index in [2.05, 4.69) is 25.4 Å². The lowest BCUT2D eigenvalue weighted by Crippen LogP contribution is -2.31. The van der Waals surface area contributed by atoms with Crippen molar-refractivity contribution >= 4 is 17.2 Å². The lowest BCUT2D eigenvalue weighted by Gasteiger charge is -2.21. The van der Waals surface area contributed by atoms with Crippen LogP contribution in [0.4, 0.5) is 0 Å². The van der Waals surface area contributed by atoms with Gasteiger partial charge in [0.05, 0.1) is 11.7 Å². The number of carbonyl (C=O) groups excluding carboxylic acids is 1. The summed E-state index contributed by atoms with van der Waals surface area (Å²) in [6, 6.07) is 3.73. The van der Waals surface area contributed by atoms with E-state index >= 15 is 0 Å². The largest absolute Gasteiger partial charge is 0.327 e. The minimum absolute atomic E-state index is 0.0519. The minimum Gasteiger partial charge on any atom is -0.327 e. The number of hydrogen-bond donors (Lipinski definition) is 2. The highest BCUT2D eigenvalue weighted by Gasteiger charge is 2.33. The number of aromatic amines is 2. The number of rotatable bonds is 3. The Morgan fingerprint density at radius 2 is 2.30 bits per heavy atom. The number of amides is 1. The van der Waals surface area contributed by atoms with E-state index in [1.54, 1.807) is 11.3 Å². The van der Waals surface area contributed by atoms with Crippen molar-refractivity contribution in [2.75, 3.05) is 6.54 Å². The third kappa shape index (κ3) is 2.55. The SMILES string of the molecule is Cc1nc([C@@H]2CCCN2C(=O)c2cc(-c3ccsc3)n[nH]2)n[nH]1. The summed E-state index contributed by atoms with van der Waals surface area (Å²) < 4.78 is 0. The molecule has 4 rings (SSSR count). The van der Waals surface area contributed by atoms with Crippen LogP contribution < -0.4 is 0 Å². The van der Waals surface area contributed by atoms with E-state index in [4.69, 9.17) is 0 Å². The van der Waals surface area contributed by atoms with Crippen molar-refractivity contribution in [1.82, 2.24) is 30.3 Å². The van der Waals surface area contributed by atoms with Gasteiger partial charge < -0.3 is 4.90 Å². The average molecular weight is 328 g/mol. The highest BCUT2D eigenvalue weighted by molar-refractivity contribution is 7.08. The molecule has 0 spiro atoms. The van der Waals surface area contributed by atoms with Crippen LogP contribution >= 0.6 is 11.3 Å². The van der Waals surface area contributed by atoms with Crippen molar-refractivity contribution in [2.24, 2.45) is 0 Å². The summed E-state index contributed by atoms with van der Waals surface area (Å²) in [4.78, 5) is 19.0. The minimum atomic E-state index is -0.0691. The first-order valence-corrected chi connectivity index (χ1v) is 8.44. The molecule has 0 saturated carbocycles. The molecule has 3 aromatic heterocycles. The van der Waals surface area contributed by atoms with Crippen molar-refractivity contribution in [3.63, 3.8) is 0 Å². The number of hydrogen-bond acceptors (Lipinski definition) is 5. The summed E-state index contributed by atoms with van der Waals surface area (Å²) in [5.41, 5.74) is 2.32. The molecular formula is C15H16N6OS. The summed E-state index contributed by atoms with van der Waals surface area (Å²) >= 11 is 1.61. The Morgan fingerprint density at radius 3 is 3.04 bits per heavy atom. The number of H-pyrrole nitrogens is 2.